The number of amides is 1. The molecule has 0 saturated heterocycles. The van der Waals surface area contributed by atoms with Gasteiger partial charge in [0.25, 0.3) is 5.89 Å². The molecule has 3 aliphatic carbocycles. The zero-order chi connectivity index (χ0) is 25.3. The Kier molecular flexibility index (Phi) is 7.31. The highest BCUT2D eigenvalue weighted by molar-refractivity contribution is 9.10. The van der Waals surface area contributed by atoms with Crippen LogP contribution in [0.2, 0.25) is 0 Å². The predicted molar refractivity (Wildman–Crippen MR) is 128 cm³/mol. The van der Waals surface area contributed by atoms with E-state index in [9.17, 15) is 18.4 Å². The van der Waals surface area contributed by atoms with Crippen LogP contribution in [0.1, 0.15) is 76.4 Å². The van der Waals surface area contributed by atoms with Gasteiger partial charge in [0.1, 0.15) is 0 Å². The van der Waals surface area contributed by atoms with Crippen molar-refractivity contribution in [3.8, 4) is 0 Å². The third-order valence-electron chi connectivity index (χ3n) is 7.59. The molecule has 0 N–H and O–H groups in total. The number of hydrogen-bond donors (Lipinski definition) is 0. The van der Waals surface area contributed by atoms with Crippen molar-refractivity contribution < 1.29 is 27.6 Å². The molecule has 2 aromatic rings. The predicted octanol–water partition coefficient (Wildman–Crippen LogP) is 5.91. The van der Waals surface area contributed by atoms with Crippen LogP contribution in [0.15, 0.2) is 33.3 Å². The number of fused-ring (bicyclic) bond motifs is 3. The average molecular weight is 554 g/mol. The number of benzene rings is 1. The van der Waals surface area contributed by atoms with Crippen LogP contribution in [0.25, 0.3) is 0 Å². The van der Waals surface area contributed by atoms with Crippen LogP contribution in [-0.4, -0.2) is 35.7 Å². The van der Waals surface area contributed by atoms with E-state index in [1.54, 1.807) is 0 Å². The summed E-state index contributed by atoms with van der Waals surface area (Å²) in [6.07, 6.45) is 5.72. The lowest BCUT2D eigenvalue weighted by Gasteiger charge is -2.53. The number of carbonyl (C=O) groups is 2. The van der Waals surface area contributed by atoms with Crippen LogP contribution in [0.5, 0.6) is 0 Å². The van der Waals surface area contributed by atoms with E-state index in [0.29, 0.717) is 18.8 Å². The van der Waals surface area contributed by atoms with Gasteiger partial charge in [0.05, 0.1) is 7.11 Å². The maximum Gasteiger partial charge on any atom is 0.322 e. The minimum atomic E-state index is -3.16. The molecule has 0 unspecified atom stereocenters. The van der Waals surface area contributed by atoms with Crippen molar-refractivity contribution >= 4 is 33.5 Å². The van der Waals surface area contributed by atoms with Crippen molar-refractivity contribution in [2.75, 3.05) is 18.6 Å². The van der Waals surface area contributed by atoms with E-state index in [0.717, 1.165) is 55.6 Å². The Morgan fingerprint density at radius 3 is 2.43 bits per heavy atom. The van der Waals surface area contributed by atoms with Gasteiger partial charge in [0.2, 0.25) is 5.91 Å². The minimum absolute atomic E-state index is 0.0308. The van der Waals surface area contributed by atoms with E-state index in [1.165, 1.54) is 7.11 Å². The molecule has 0 atom stereocenters. The number of anilines is 1. The molecule has 1 aromatic heterocycles. The summed E-state index contributed by atoms with van der Waals surface area (Å²) in [5, 5.41) is 3.92. The van der Waals surface area contributed by atoms with Crippen LogP contribution in [0.3, 0.4) is 0 Å². The van der Waals surface area contributed by atoms with E-state index in [4.69, 9.17) is 9.26 Å². The number of halogens is 3. The van der Waals surface area contributed by atoms with Crippen molar-refractivity contribution in [3.63, 3.8) is 0 Å². The van der Waals surface area contributed by atoms with E-state index >= 15 is 0 Å². The second kappa shape index (κ2) is 9.95. The molecule has 3 aliphatic rings. The number of esters is 1. The molecule has 190 valence electrons. The molecule has 3 saturated carbocycles. The Balaban J connectivity index is 1.49. The number of alkyl halides is 2. The van der Waals surface area contributed by atoms with E-state index in [-0.39, 0.29) is 35.5 Å². The van der Waals surface area contributed by atoms with Crippen LogP contribution in [-0.2, 0) is 25.7 Å². The van der Waals surface area contributed by atoms with Crippen molar-refractivity contribution in [3.05, 3.63) is 40.5 Å². The fraction of sp³-hybridized carbons (Fsp3) is 0.600. The minimum Gasteiger partial charge on any atom is -0.469 e. The molecule has 0 aliphatic heterocycles. The number of aromatic nitrogens is 2. The largest absolute Gasteiger partial charge is 0.469 e. The Morgan fingerprint density at radius 1 is 1.17 bits per heavy atom. The first kappa shape index (κ1) is 25.7. The van der Waals surface area contributed by atoms with E-state index in [2.05, 4.69) is 26.1 Å². The quantitative estimate of drug-likeness (QED) is 0.358. The van der Waals surface area contributed by atoms with Crippen molar-refractivity contribution in [1.29, 1.82) is 0 Å². The fourth-order valence-electron chi connectivity index (χ4n) is 5.38. The first-order valence-electron chi connectivity index (χ1n) is 11.9. The SMILES string of the molecule is COC(=O)CCCC(=O)N(CC12CCC(c3noc(C(C)(F)F)n3)(CC1)CC2)c1cccc(Br)c1. The van der Waals surface area contributed by atoms with Gasteiger partial charge in [0.15, 0.2) is 5.82 Å². The molecule has 7 nitrogen and oxygen atoms in total. The third-order valence-corrected chi connectivity index (χ3v) is 8.08. The van der Waals surface area contributed by atoms with Crippen molar-refractivity contribution in [2.24, 2.45) is 5.41 Å². The Morgan fingerprint density at radius 2 is 1.86 bits per heavy atom. The smallest absolute Gasteiger partial charge is 0.322 e. The lowest BCUT2D eigenvalue weighted by Crippen LogP contribution is -2.51. The summed E-state index contributed by atoms with van der Waals surface area (Å²) >= 11 is 3.50. The highest BCUT2D eigenvalue weighted by atomic mass is 79.9. The molecule has 1 heterocycles. The number of ether oxygens (including phenoxy) is 1. The monoisotopic (exact) mass is 553 g/mol. The van der Waals surface area contributed by atoms with Gasteiger partial charge < -0.3 is 14.2 Å². The normalized spacial score (nSPS) is 23.8. The summed E-state index contributed by atoms with van der Waals surface area (Å²) < 4.78 is 37.7. The molecule has 3 fully saturated rings. The molecule has 5 rings (SSSR count). The Bertz CT molecular complexity index is 1060. The molecule has 1 aromatic carbocycles. The lowest BCUT2D eigenvalue weighted by atomic mass is 9.53. The van der Waals surface area contributed by atoms with Crippen LogP contribution in [0, 0.1) is 5.41 Å². The summed E-state index contributed by atoms with van der Waals surface area (Å²) in [4.78, 5) is 30.7. The average Bonchev–Trinajstić information content (AvgIpc) is 3.36. The summed E-state index contributed by atoms with van der Waals surface area (Å²) in [6, 6.07) is 7.66. The lowest BCUT2D eigenvalue weighted by molar-refractivity contribution is -0.140. The topological polar surface area (TPSA) is 85.5 Å². The maximum absolute atomic E-state index is 13.6. The van der Waals surface area contributed by atoms with Crippen molar-refractivity contribution in [2.45, 2.75) is 76.0 Å². The standard InChI is InChI=1S/C25H30BrF2N3O4/c1-23(27,28)22-29-21(30-35-22)25-12-9-24(10-13-25,11-14-25)16-31(18-6-3-5-17(26)15-18)19(32)7-4-8-20(33)34-2/h3,5-6,15H,4,7-14,16H2,1-2H3. The molecule has 10 heteroatoms. The first-order chi connectivity index (χ1) is 16.6. The molecule has 1 amide bonds. The zero-order valence-electron chi connectivity index (χ0n) is 20.0. The fourth-order valence-corrected chi connectivity index (χ4v) is 5.76. The summed E-state index contributed by atoms with van der Waals surface area (Å²) in [5.74, 6) is -3.77. The second-order valence-electron chi connectivity index (χ2n) is 9.98. The summed E-state index contributed by atoms with van der Waals surface area (Å²) in [5.41, 5.74) is 0.399. The van der Waals surface area contributed by atoms with Crippen LogP contribution < -0.4 is 4.90 Å². The number of rotatable bonds is 9. The van der Waals surface area contributed by atoms with Gasteiger partial charge in [-0.05, 0) is 68.6 Å². The van der Waals surface area contributed by atoms with Crippen LogP contribution >= 0.6 is 15.9 Å². The van der Waals surface area contributed by atoms with Gasteiger partial charge >= 0.3 is 11.9 Å². The van der Waals surface area contributed by atoms with Gasteiger partial charge in [-0.2, -0.15) is 13.8 Å². The molecule has 0 radical (unpaired) electrons. The van der Waals surface area contributed by atoms with Crippen LogP contribution in [0.4, 0.5) is 14.5 Å². The molecule has 0 spiro atoms. The summed E-state index contributed by atoms with van der Waals surface area (Å²) in [6.45, 7) is 1.33. The molecule has 2 bridgehead atoms. The molecular formula is C25H30BrF2N3O4. The zero-order valence-corrected chi connectivity index (χ0v) is 21.6. The Hall–Kier alpha value is -2.36. The maximum atomic E-state index is 13.6. The van der Waals surface area contributed by atoms with Gasteiger partial charge in [0, 0.05) is 41.9 Å². The second-order valence-corrected chi connectivity index (χ2v) is 10.9. The number of nitrogens with zero attached hydrogens (tertiary/aromatic N) is 3. The molecule has 35 heavy (non-hydrogen) atoms. The number of hydrogen-bond acceptors (Lipinski definition) is 6. The summed E-state index contributed by atoms with van der Waals surface area (Å²) in [7, 11) is 1.34. The highest BCUT2D eigenvalue weighted by Crippen LogP contribution is 2.57. The van der Waals surface area contributed by atoms with Crippen molar-refractivity contribution in [1.82, 2.24) is 10.1 Å². The van der Waals surface area contributed by atoms with Gasteiger partial charge in [-0.15, -0.1) is 0 Å². The molecular weight excluding hydrogens is 524 g/mol. The first-order valence-corrected chi connectivity index (χ1v) is 12.7. The van der Waals surface area contributed by atoms with Gasteiger partial charge in [-0.25, -0.2) is 0 Å². The number of carbonyl (C=O) groups excluding carboxylic acids is 2. The van der Waals surface area contributed by atoms with Gasteiger partial charge in [-0.1, -0.05) is 27.2 Å². The van der Waals surface area contributed by atoms with E-state index < -0.39 is 11.8 Å². The van der Waals surface area contributed by atoms with Gasteiger partial charge in [-0.3, -0.25) is 9.59 Å². The third kappa shape index (κ3) is 5.57. The number of methoxy groups -OCH3 is 1. The van der Waals surface area contributed by atoms with E-state index in [1.807, 2.05) is 29.2 Å². The highest BCUT2D eigenvalue weighted by Gasteiger charge is 2.53. The Labute approximate surface area is 211 Å².